The number of likely N-dealkylation sites (tertiary alicyclic amines) is 1. The van der Waals surface area contributed by atoms with Crippen LogP contribution >= 0.6 is 0 Å². The molecule has 0 aliphatic carbocycles. The van der Waals surface area contributed by atoms with Crippen LogP contribution in [-0.4, -0.2) is 45.8 Å². The number of benzene rings is 1. The summed E-state index contributed by atoms with van der Waals surface area (Å²) in [5.41, 5.74) is 2.70. The van der Waals surface area contributed by atoms with E-state index in [1.165, 1.54) is 25.5 Å². The Labute approximate surface area is 150 Å². The van der Waals surface area contributed by atoms with Crippen molar-refractivity contribution in [2.24, 2.45) is 0 Å². The summed E-state index contributed by atoms with van der Waals surface area (Å²) in [6.07, 6.45) is 5.85. The van der Waals surface area contributed by atoms with Gasteiger partial charge in [0.25, 0.3) is 5.56 Å². The normalized spacial score (nSPS) is 14.8. The predicted octanol–water partition coefficient (Wildman–Crippen LogP) is 2.05. The Kier molecular flexibility index (Phi) is 4.30. The molecule has 134 valence electrons. The number of ether oxygens (including phenoxy) is 1. The van der Waals surface area contributed by atoms with Gasteiger partial charge >= 0.3 is 5.97 Å². The number of nitrogens with zero attached hydrogens (tertiary/aromatic N) is 3. The molecule has 0 saturated carbocycles. The Morgan fingerprint density at radius 2 is 2.08 bits per heavy atom. The van der Waals surface area contributed by atoms with Crippen LogP contribution in [0.4, 0.5) is 0 Å². The highest BCUT2D eigenvalue weighted by molar-refractivity contribution is 5.96. The first-order valence-electron chi connectivity index (χ1n) is 8.66. The third kappa shape index (κ3) is 3.01. The topological polar surface area (TPSA) is 80.2 Å². The van der Waals surface area contributed by atoms with Gasteiger partial charge in [0, 0.05) is 24.6 Å². The fourth-order valence-corrected chi connectivity index (χ4v) is 3.46. The van der Waals surface area contributed by atoms with E-state index in [0.717, 1.165) is 25.3 Å². The van der Waals surface area contributed by atoms with Crippen LogP contribution < -0.4 is 5.56 Å². The number of methoxy groups -OCH3 is 1. The summed E-state index contributed by atoms with van der Waals surface area (Å²) in [7, 11) is 1.31. The van der Waals surface area contributed by atoms with Crippen molar-refractivity contribution >= 4 is 5.97 Å². The molecule has 4 rings (SSSR count). The van der Waals surface area contributed by atoms with Crippen LogP contribution in [0.25, 0.3) is 16.9 Å². The minimum Gasteiger partial charge on any atom is -0.465 e. The van der Waals surface area contributed by atoms with Gasteiger partial charge in [0.15, 0.2) is 0 Å². The molecule has 0 atom stereocenters. The van der Waals surface area contributed by atoms with E-state index in [9.17, 15) is 9.59 Å². The maximum Gasteiger partial charge on any atom is 0.341 e. The summed E-state index contributed by atoms with van der Waals surface area (Å²) in [4.78, 5) is 26.6. The Balaban J connectivity index is 1.76. The van der Waals surface area contributed by atoms with E-state index < -0.39 is 5.97 Å². The lowest BCUT2D eigenvalue weighted by molar-refractivity contribution is 0.0600. The quantitative estimate of drug-likeness (QED) is 0.727. The van der Waals surface area contributed by atoms with Crippen LogP contribution in [0, 0.1) is 0 Å². The van der Waals surface area contributed by atoms with Gasteiger partial charge in [0.05, 0.1) is 12.7 Å². The van der Waals surface area contributed by atoms with Crippen molar-refractivity contribution in [1.82, 2.24) is 19.7 Å². The number of pyridine rings is 1. The summed E-state index contributed by atoms with van der Waals surface area (Å²) in [5.74, 6) is -0.524. The summed E-state index contributed by atoms with van der Waals surface area (Å²) >= 11 is 0. The number of hydrogen-bond acceptors (Lipinski definition) is 5. The number of nitrogens with one attached hydrogen (secondary N) is 1. The van der Waals surface area contributed by atoms with Gasteiger partial charge in [-0.15, -0.1) is 0 Å². The lowest BCUT2D eigenvalue weighted by Crippen LogP contribution is -2.18. The second kappa shape index (κ2) is 6.76. The highest BCUT2D eigenvalue weighted by Gasteiger charge is 2.22. The number of fused-ring (bicyclic) bond motifs is 1. The van der Waals surface area contributed by atoms with Crippen molar-refractivity contribution in [3.05, 3.63) is 58.1 Å². The van der Waals surface area contributed by atoms with Gasteiger partial charge in [0.1, 0.15) is 11.3 Å². The number of carbonyl (C=O) groups is 1. The van der Waals surface area contributed by atoms with Crippen LogP contribution in [0.2, 0.25) is 0 Å². The molecule has 0 radical (unpaired) electrons. The molecular weight excluding hydrogens is 332 g/mol. The first kappa shape index (κ1) is 16.5. The molecule has 26 heavy (non-hydrogen) atoms. The van der Waals surface area contributed by atoms with Gasteiger partial charge in [-0.05, 0) is 43.6 Å². The van der Waals surface area contributed by atoms with Gasteiger partial charge in [-0.2, -0.15) is 5.10 Å². The van der Waals surface area contributed by atoms with Crippen molar-refractivity contribution in [2.45, 2.75) is 19.4 Å². The van der Waals surface area contributed by atoms with Crippen molar-refractivity contribution in [3.63, 3.8) is 0 Å². The van der Waals surface area contributed by atoms with Crippen LogP contribution in [0.15, 0.2) is 41.5 Å². The molecule has 1 saturated heterocycles. The van der Waals surface area contributed by atoms with E-state index in [-0.39, 0.29) is 11.1 Å². The standard InChI is InChI=1S/C19H20N4O3/c1-26-19(25)16-12-23(11-15-17(16)20-21-18(15)24)14-6-4-5-13(9-14)10-22-7-2-3-8-22/h4-6,9,11-12H,2-3,7-8,10H2,1H3,(H,21,24). The monoisotopic (exact) mass is 352 g/mol. The van der Waals surface area contributed by atoms with Crippen molar-refractivity contribution in [3.8, 4) is 16.9 Å². The van der Waals surface area contributed by atoms with Gasteiger partial charge in [-0.1, -0.05) is 12.1 Å². The van der Waals surface area contributed by atoms with Gasteiger partial charge in [-0.3, -0.25) is 9.69 Å². The number of hydrogen-bond donors (Lipinski definition) is 1. The van der Waals surface area contributed by atoms with E-state index in [1.807, 2.05) is 12.1 Å². The second-order valence-corrected chi connectivity index (χ2v) is 6.54. The smallest absolute Gasteiger partial charge is 0.341 e. The summed E-state index contributed by atoms with van der Waals surface area (Å²) in [6, 6.07) is 8.11. The number of rotatable bonds is 4. The molecule has 0 spiro atoms. The van der Waals surface area contributed by atoms with Crippen molar-refractivity contribution in [2.75, 3.05) is 20.2 Å². The molecule has 0 amide bonds. The van der Waals surface area contributed by atoms with E-state index >= 15 is 0 Å². The third-order valence-corrected chi connectivity index (χ3v) is 4.78. The molecule has 0 aromatic heterocycles. The number of esters is 1. The summed E-state index contributed by atoms with van der Waals surface area (Å²) < 4.78 is 6.62. The van der Waals surface area contributed by atoms with Crippen molar-refractivity contribution < 1.29 is 9.53 Å². The minimum atomic E-state index is -0.524. The Bertz CT molecular complexity index is 969. The van der Waals surface area contributed by atoms with Crippen LogP contribution in [0.3, 0.4) is 0 Å². The molecule has 3 heterocycles. The molecular formula is C19H20N4O3. The summed E-state index contributed by atoms with van der Waals surface area (Å²) in [6.45, 7) is 3.16. The average Bonchev–Trinajstić information content (AvgIpc) is 3.31. The molecule has 1 fully saturated rings. The molecule has 1 N–H and O–H groups in total. The zero-order chi connectivity index (χ0) is 18.1. The highest BCUT2D eigenvalue weighted by atomic mass is 16.5. The lowest BCUT2D eigenvalue weighted by atomic mass is 10.1. The number of aromatic nitrogens is 3. The average molecular weight is 352 g/mol. The maximum absolute atomic E-state index is 12.1. The van der Waals surface area contributed by atoms with Crippen LogP contribution in [-0.2, 0) is 11.3 Å². The van der Waals surface area contributed by atoms with Crippen LogP contribution in [0.1, 0.15) is 28.8 Å². The number of carbonyl (C=O) groups excluding carboxylic acids is 1. The maximum atomic E-state index is 12.1. The summed E-state index contributed by atoms with van der Waals surface area (Å²) in [5, 5.41) is 6.35. The first-order chi connectivity index (χ1) is 12.7. The zero-order valence-electron chi connectivity index (χ0n) is 14.6. The van der Waals surface area contributed by atoms with Gasteiger partial charge in [-0.25, -0.2) is 9.89 Å². The van der Waals surface area contributed by atoms with E-state index in [4.69, 9.17) is 4.74 Å². The second-order valence-electron chi connectivity index (χ2n) is 6.54. The fraction of sp³-hybridized carbons (Fsp3) is 0.316. The van der Waals surface area contributed by atoms with E-state index in [2.05, 4.69) is 27.2 Å². The minimum absolute atomic E-state index is 0.258. The predicted molar refractivity (Wildman–Crippen MR) is 96.7 cm³/mol. The molecule has 7 heteroatoms. The van der Waals surface area contributed by atoms with Gasteiger partial charge in [0.2, 0.25) is 0 Å². The Morgan fingerprint density at radius 3 is 2.85 bits per heavy atom. The number of aromatic amines is 1. The molecule has 0 bridgehead atoms. The largest absolute Gasteiger partial charge is 0.465 e. The fourth-order valence-electron chi connectivity index (χ4n) is 3.46. The highest BCUT2D eigenvalue weighted by Crippen LogP contribution is 2.23. The van der Waals surface area contributed by atoms with Crippen LogP contribution in [0.5, 0.6) is 0 Å². The van der Waals surface area contributed by atoms with E-state index in [0.29, 0.717) is 11.3 Å². The lowest BCUT2D eigenvalue weighted by Gasteiger charge is -2.16. The number of H-pyrrole nitrogens is 1. The molecule has 3 aliphatic rings. The first-order valence-corrected chi connectivity index (χ1v) is 8.66. The zero-order valence-corrected chi connectivity index (χ0v) is 14.6. The van der Waals surface area contributed by atoms with Gasteiger partial charge < -0.3 is 9.30 Å². The third-order valence-electron chi connectivity index (χ3n) is 4.78. The molecule has 1 aromatic carbocycles. The molecule has 0 unspecified atom stereocenters. The SMILES string of the molecule is COC(=O)c1cn(-c2cccc(CN3CCCC3)c2)cc2c(=O)[nH]nc1-2. The van der Waals surface area contributed by atoms with E-state index in [1.54, 1.807) is 17.0 Å². The Morgan fingerprint density at radius 1 is 1.27 bits per heavy atom. The molecule has 7 nitrogen and oxygen atoms in total. The molecule has 1 aromatic rings. The Hall–Kier alpha value is -2.93. The van der Waals surface area contributed by atoms with Crippen molar-refractivity contribution in [1.29, 1.82) is 0 Å². The molecule has 3 aliphatic heterocycles.